The Morgan fingerprint density at radius 1 is 1.27 bits per heavy atom. The summed E-state index contributed by atoms with van der Waals surface area (Å²) in [6.45, 7) is 7.54. The maximum atomic E-state index is 13.7. The van der Waals surface area contributed by atoms with Crippen LogP contribution in [0.5, 0.6) is 0 Å². The van der Waals surface area contributed by atoms with Gasteiger partial charge in [-0.05, 0) is 55.7 Å². The third-order valence-corrected chi connectivity index (χ3v) is 8.15. The Balaban J connectivity index is 1.72. The predicted octanol–water partition coefficient (Wildman–Crippen LogP) is 4.39. The number of ketones is 1. The molecular formula is C25H29N3O3S2. The normalized spacial score (nSPS) is 16.6. The van der Waals surface area contributed by atoms with Crippen LogP contribution in [-0.4, -0.2) is 33.0 Å². The van der Waals surface area contributed by atoms with Gasteiger partial charge in [0.1, 0.15) is 4.83 Å². The van der Waals surface area contributed by atoms with E-state index in [1.54, 1.807) is 15.9 Å². The predicted molar refractivity (Wildman–Crippen MR) is 135 cm³/mol. The molecule has 174 valence electrons. The van der Waals surface area contributed by atoms with Gasteiger partial charge in [0.05, 0.1) is 22.9 Å². The number of nitrogens with zero attached hydrogens (tertiary/aromatic N) is 2. The molecule has 8 heteroatoms. The topological polar surface area (TPSA) is 81.1 Å². The molecule has 3 aromatic rings. The number of benzene rings is 1. The van der Waals surface area contributed by atoms with Gasteiger partial charge in [0.15, 0.2) is 10.9 Å². The molecule has 1 N–H and O–H groups in total. The average molecular weight is 484 g/mol. The zero-order chi connectivity index (χ0) is 23.7. The van der Waals surface area contributed by atoms with Gasteiger partial charge >= 0.3 is 0 Å². The Kier molecular flexibility index (Phi) is 7.05. The largest absolute Gasteiger partial charge is 0.345 e. The van der Waals surface area contributed by atoms with Crippen LogP contribution in [0, 0.1) is 11.8 Å². The lowest BCUT2D eigenvalue weighted by Gasteiger charge is -2.19. The fourth-order valence-electron chi connectivity index (χ4n) is 4.36. The third kappa shape index (κ3) is 4.92. The Bertz CT molecular complexity index is 1250. The molecule has 1 aliphatic carbocycles. The molecule has 0 bridgehead atoms. The van der Waals surface area contributed by atoms with Crippen molar-refractivity contribution in [3.8, 4) is 5.69 Å². The lowest BCUT2D eigenvalue weighted by molar-refractivity contribution is -0.126. The number of hydrogen-bond donors (Lipinski definition) is 1. The summed E-state index contributed by atoms with van der Waals surface area (Å²) in [5.41, 5.74) is 1.79. The van der Waals surface area contributed by atoms with Crippen LogP contribution < -0.4 is 10.9 Å². The van der Waals surface area contributed by atoms with Crippen LogP contribution in [0.1, 0.15) is 44.6 Å². The smallest absolute Gasteiger partial charge is 0.267 e. The number of amides is 1. The summed E-state index contributed by atoms with van der Waals surface area (Å²) >= 11 is 2.83. The highest BCUT2D eigenvalue weighted by Gasteiger charge is 2.26. The summed E-state index contributed by atoms with van der Waals surface area (Å²) in [6.07, 6.45) is 2.96. The summed E-state index contributed by atoms with van der Waals surface area (Å²) in [6, 6.07) is 8.92. The van der Waals surface area contributed by atoms with E-state index in [0.717, 1.165) is 40.7 Å². The molecule has 2 heterocycles. The first-order valence-corrected chi connectivity index (χ1v) is 13.1. The van der Waals surface area contributed by atoms with E-state index >= 15 is 0 Å². The van der Waals surface area contributed by atoms with Crippen LogP contribution >= 0.6 is 23.1 Å². The number of carbonyl (C=O) groups excluding carboxylic acids is 2. The Hall–Kier alpha value is -2.45. The SMILES string of the molecule is CC(=O)C(NC(=O)CSc1nc2sc3c(c2c(=O)n1-c1ccccc1)CCC(C)C3)C(C)C. The molecule has 0 fully saturated rings. The number of fused-ring (bicyclic) bond motifs is 3. The highest BCUT2D eigenvalue weighted by Crippen LogP contribution is 2.37. The number of para-hydroxylation sites is 1. The Labute approximate surface area is 201 Å². The number of aromatic nitrogens is 2. The lowest BCUT2D eigenvalue weighted by atomic mass is 9.89. The molecule has 0 spiro atoms. The number of thioether (sulfide) groups is 1. The van der Waals surface area contributed by atoms with Gasteiger partial charge in [-0.2, -0.15) is 0 Å². The zero-order valence-corrected chi connectivity index (χ0v) is 21.0. The number of aryl methyl sites for hydroxylation is 1. The van der Waals surface area contributed by atoms with Crippen LogP contribution in [-0.2, 0) is 22.4 Å². The van der Waals surface area contributed by atoms with Gasteiger partial charge in [0, 0.05) is 4.88 Å². The molecule has 0 saturated heterocycles. The molecule has 4 rings (SSSR count). The van der Waals surface area contributed by atoms with Crippen molar-refractivity contribution in [2.45, 2.75) is 58.2 Å². The molecule has 1 aromatic carbocycles. The zero-order valence-electron chi connectivity index (χ0n) is 19.4. The van der Waals surface area contributed by atoms with E-state index in [2.05, 4.69) is 12.2 Å². The number of nitrogens with one attached hydrogen (secondary N) is 1. The van der Waals surface area contributed by atoms with Crippen LogP contribution in [0.25, 0.3) is 15.9 Å². The second-order valence-corrected chi connectivity index (χ2v) is 11.1. The van der Waals surface area contributed by atoms with Gasteiger partial charge < -0.3 is 5.32 Å². The van der Waals surface area contributed by atoms with Gasteiger partial charge in [0.2, 0.25) is 5.91 Å². The van der Waals surface area contributed by atoms with Gasteiger partial charge in [0.25, 0.3) is 5.56 Å². The minimum Gasteiger partial charge on any atom is -0.345 e. The second kappa shape index (κ2) is 9.81. The number of rotatable bonds is 7. The van der Waals surface area contributed by atoms with Crippen molar-refractivity contribution < 1.29 is 9.59 Å². The van der Waals surface area contributed by atoms with Crippen LogP contribution in [0.4, 0.5) is 0 Å². The third-order valence-electron chi connectivity index (χ3n) is 6.07. The van der Waals surface area contributed by atoms with Crippen molar-refractivity contribution in [1.29, 1.82) is 0 Å². The number of carbonyl (C=O) groups is 2. The molecule has 2 atom stereocenters. The standard InChI is InChI=1S/C25H29N3O3S2/c1-14(2)22(16(4)29)26-20(30)13-32-25-27-23-21(18-11-10-15(3)12-19(18)33-23)24(31)28(25)17-8-6-5-7-9-17/h5-9,14-15,22H,10-13H2,1-4H3,(H,26,30). The first-order chi connectivity index (χ1) is 15.8. The van der Waals surface area contributed by atoms with Crippen LogP contribution in [0.15, 0.2) is 40.3 Å². The molecule has 2 aromatic heterocycles. The minimum atomic E-state index is -0.518. The van der Waals surface area contributed by atoms with E-state index in [0.29, 0.717) is 11.1 Å². The fourth-order valence-corrected chi connectivity index (χ4v) is 6.60. The summed E-state index contributed by atoms with van der Waals surface area (Å²) in [5.74, 6) is 0.371. The first kappa shape index (κ1) is 23.7. The van der Waals surface area contributed by atoms with E-state index in [-0.39, 0.29) is 28.9 Å². The van der Waals surface area contributed by atoms with Crippen molar-refractivity contribution in [2.24, 2.45) is 11.8 Å². The molecule has 6 nitrogen and oxygen atoms in total. The quantitative estimate of drug-likeness (QED) is 0.398. The van der Waals surface area contributed by atoms with E-state index in [4.69, 9.17) is 4.98 Å². The van der Waals surface area contributed by atoms with Crippen molar-refractivity contribution in [2.75, 3.05) is 5.75 Å². The van der Waals surface area contributed by atoms with Crippen LogP contribution in [0.2, 0.25) is 0 Å². The van der Waals surface area contributed by atoms with Crippen molar-refractivity contribution in [1.82, 2.24) is 14.9 Å². The maximum Gasteiger partial charge on any atom is 0.267 e. The Morgan fingerprint density at radius 3 is 2.67 bits per heavy atom. The summed E-state index contributed by atoms with van der Waals surface area (Å²) in [7, 11) is 0. The van der Waals surface area contributed by atoms with E-state index in [1.807, 2.05) is 44.2 Å². The molecule has 33 heavy (non-hydrogen) atoms. The summed E-state index contributed by atoms with van der Waals surface area (Å²) in [5, 5.41) is 4.03. The van der Waals surface area contributed by atoms with Crippen LogP contribution in [0.3, 0.4) is 0 Å². The van der Waals surface area contributed by atoms with E-state index in [9.17, 15) is 14.4 Å². The highest BCUT2D eigenvalue weighted by molar-refractivity contribution is 7.99. The van der Waals surface area contributed by atoms with E-state index < -0.39 is 6.04 Å². The number of thiophene rings is 1. The van der Waals surface area contributed by atoms with Crippen molar-refractivity contribution in [3.63, 3.8) is 0 Å². The fraction of sp³-hybridized carbons (Fsp3) is 0.440. The lowest BCUT2D eigenvalue weighted by Crippen LogP contribution is -2.44. The van der Waals surface area contributed by atoms with Crippen molar-refractivity contribution in [3.05, 3.63) is 51.1 Å². The monoisotopic (exact) mass is 483 g/mol. The molecule has 0 aliphatic heterocycles. The number of Topliss-reactive ketones (excluding diaryl/α,β-unsaturated/α-hetero) is 1. The molecule has 0 radical (unpaired) electrons. The summed E-state index contributed by atoms with van der Waals surface area (Å²) in [4.78, 5) is 45.1. The molecule has 1 aliphatic rings. The maximum absolute atomic E-state index is 13.7. The highest BCUT2D eigenvalue weighted by atomic mass is 32.2. The van der Waals surface area contributed by atoms with Gasteiger partial charge in [-0.15, -0.1) is 11.3 Å². The molecule has 0 saturated carbocycles. The van der Waals surface area contributed by atoms with Gasteiger partial charge in [-0.25, -0.2) is 4.98 Å². The molecule has 1 amide bonds. The molecule has 2 unspecified atom stereocenters. The second-order valence-electron chi connectivity index (χ2n) is 9.09. The van der Waals surface area contributed by atoms with Crippen molar-refractivity contribution >= 4 is 45.0 Å². The first-order valence-electron chi connectivity index (χ1n) is 11.3. The molecular weight excluding hydrogens is 454 g/mol. The average Bonchev–Trinajstić information content (AvgIpc) is 3.13. The van der Waals surface area contributed by atoms with Gasteiger partial charge in [-0.3, -0.25) is 19.0 Å². The summed E-state index contributed by atoms with van der Waals surface area (Å²) < 4.78 is 1.62. The number of hydrogen-bond acceptors (Lipinski definition) is 6. The minimum absolute atomic E-state index is 0.00764. The Morgan fingerprint density at radius 2 is 2.00 bits per heavy atom. The van der Waals surface area contributed by atoms with E-state index in [1.165, 1.54) is 23.6 Å². The van der Waals surface area contributed by atoms with Gasteiger partial charge in [-0.1, -0.05) is 50.7 Å².